The lowest BCUT2D eigenvalue weighted by atomic mass is 9.80. The molecule has 8 nitrogen and oxygen atoms in total. The maximum absolute atomic E-state index is 13.1. The molecular weight excluding hydrogens is 318 g/mol. The molecule has 2 bridgehead atoms. The predicted octanol–water partition coefficient (Wildman–Crippen LogP) is -1.00. The Kier molecular flexibility index (Phi) is 3.01. The number of cyclic esters (lactones) is 1. The minimum atomic E-state index is -6.17. The predicted molar refractivity (Wildman–Crippen MR) is 55.7 cm³/mol. The van der Waals surface area contributed by atoms with Crippen LogP contribution >= 0.6 is 0 Å². The van der Waals surface area contributed by atoms with Gasteiger partial charge in [0.05, 0.1) is 18.6 Å². The molecule has 0 aromatic carbocycles. The molecule has 3 saturated heterocycles. The van der Waals surface area contributed by atoms with Crippen molar-refractivity contribution in [3.63, 3.8) is 0 Å². The molecular formula is C10H9F2O8S-. The molecule has 3 rings (SSSR count). The average molecular weight is 327 g/mol. The van der Waals surface area contributed by atoms with E-state index in [9.17, 15) is 31.3 Å². The lowest BCUT2D eigenvalue weighted by Crippen LogP contribution is -2.45. The van der Waals surface area contributed by atoms with Crippen LogP contribution in [0.1, 0.15) is 6.42 Å². The smallest absolute Gasteiger partial charge is 0.428 e. The Morgan fingerprint density at radius 1 is 1.43 bits per heavy atom. The number of alkyl halides is 2. The van der Waals surface area contributed by atoms with Gasteiger partial charge in [0.25, 0.3) is 0 Å². The second-order valence-electron chi connectivity index (χ2n) is 5.11. The van der Waals surface area contributed by atoms with E-state index in [1.54, 1.807) is 0 Å². The average Bonchev–Trinajstić information content (AvgIpc) is 3.00. The van der Waals surface area contributed by atoms with Crippen LogP contribution < -0.4 is 0 Å². The summed E-state index contributed by atoms with van der Waals surface area (Å²) < 4.78 is 71.8. The van der Waals surface area contributed by atoms with E-state index in [1.165, 1.54) is 0 Å². The van der Waals surface area contributed by atoms with Gasteiger partial charge < -0.3 is 18.8 Å². The van der Waals surface area contributed by atoms with Crippen molar-refractivity contribution in [1.82, 2.24) is 0 Å². The maximum atomic E-state index is 13.1. The minimum absolute atomic E-state index is 0.0448. The largest absolute Gasteiger partial charge is 0.743 e. The van der Waals surface area contributed by atoms with E-state index in [1.807, 2.05) is 0 Å². The number of carbonyl (C=O) groups excluding carboxylic acids is 2. The van der Waals surface area contributed by atoms with Gasteiger partial charge in [-0.15, -0.1) is 0 Å². The molecule has 0 aromatic rings. The third-order valence-corrected chi connectivity index (χ3v) is 4.75. The highest BCUT2D eigenvalue weighted by molar-refractivity contribution is 7.87. The van der Waals surface area contributed by atoms with Crippen LogP contribution in [-0.2, 0) is 33.9 Å². The first-order valence-corrected chi connectivity index (χ1v) is 7.40. The summed E-state index contributed by atoms with van der Waals surface area (Å²) >= 11 is 0. The van der Waals surface area contributed by atoms with Crippen LogP contribution in [0.4, 0.5) is 8.78 Å². The van der Waals surface area contributed by atoms with Gasteiger partial charge in [0.2, 0.25) is 0 Å². The Morgan fingerprint density at radius 2 is 2.10 bits per heavy atom. The van der Waals surface area contributed by atoms with E-state index in [2.05, 4.69) is 4.74 Å². The molecule has 0 spiro atoms. The zero-order valence-electron chi connectivity index (χ0n) is 10.2. The second kappa shape index (κ2) is 4.34. The molecule has 118 valence electrons. The summed E-state index contributed by atoms with van der Waals surface area (Å²) in [4.78, 5) is 22.7. The molecule has 21 heavy (non-hydrogen) atoms. The number of rotatable bonds is 3. The molecule has 11 heteroatoms. The van der Waals surface area contributed by atoms with Gasteiger partial charge in [-0.3, -0.25) is 4.79 Å². The van der Waals surface area contributed by atoms with Crippen LogP contribution in [-0.4, -0.2) is 55.1 Å². The molecule has 3 heterocycles. The van der Waals surface area contributed by atoms with Crippen molar-refractivity contribution in [3.05, 3.63) is 0 Å². The highest BCUT2D eigenvalue weighted by Crippen LogP contribution is 2.48. The lowest BCUT2D eigenvalue weighted by molar-refractivity contribution is -0.172. The van der Waals surface area contributed by atoms with E-state index in [0.717, 1.165) is 0 Å². The maximum Gasteiger partial charge on any atom is 0.428 e. The molecule has 3 aliphatic rings. The van der Waals surface area contributed by atoms with Crippen molar-refractivity contribution in [3.8, 4) is 0 Å². The number of ether oxygens (including phenoxy) is 3. The number of hydrogen-bond acceptors (Lipinski definition) is 8. The van der Waals surface area contributed by atoms with Gasteiger partial charge in [-0.05, 0) is 0 Å². The van der Waals surface area contributed by atoms with Crippen LogP contribution in [0.25, 0.3) is 0 Å². The molecule has 5 unspecified atom stereocenters. The number of hydrogen-bond donors (Lipinski definition) is 0. The Balaban J connectivity index is 1.73. The summed E-state index contributed by atoms with van der Waals surface area (Å²) in [5.41, 5.74) is 0. The van der Waals surface area contributed by atoms with E-state index < -0.39 is 51.5 Å². The topological polar surface area (TPSA) is 119 Å². The Hall–Kier alpha value is -1.33. The van der Waals surface area contributed by atoms with Crippen molar-refractivity contribution in [2.24, 2.45) is 11.8 Å². The van der Waals surface area contributed by atoms with Gasteiger partial charge in [-0.2, -0.15) is 8.78 Å². The van der Waals surface area contributed by atoms with Crippen molar-refractivity contribution < 1.29 is 45.6 Å². The van der Waals surface area contributed by atoms with Gasteiger partial charge in [0.15, 0.2) is 10.1 Å². The first kappa shape index (κ1) is 14.6. The number of fused-ring (bicyclic) bond motifs is 5. The van der Waals surface area contributed by atoms with Crippen molar-refractivity contribution in [1.29, 1.82) is 0 Å². The molecule has 0 saturated carbocycles. The number of esters is 2. The van der Waals surface area contributed by atoms with Crippen LogP contribution in [0.5, 0.6) is 0 Å². The lowest BCUT2D eigenvalue weighted by Gasteiger charge is -2.27. The zero-order chi connectivity index (χ0) is 15.6. The summed E-state index contributed by atoms with van der Waals surface area (Å²) in [6.45, 7) is 0.149. The summed E-state index contributed by atoms with van der Waals surface area (Å²) in [5, 5.41) is -5.18. The summed E-state index contributed by atoms with van der Waals surface area (Å²) in [6.07, 6.45) is -2.60. The van der Waals surface area contributed by atoms with Gasteiger partial charge in [-0.1, -0.05) is 0 Å². The SMILES string of the molecule is O=C1OCC2C3CC(OC(=O)C(F)(F)S(=O)(=O)[O-])C(O3)C12. The first-order chi connectivity index (χ1) is 9.63. The van der Waals surface area contributed by atoms with Crippen LogP contribution in [0.2, 0.25) is 0 Å². The van der Waals surface area contributed by atoms with Crippen LogP contribution in [0.3, 0.4) is 0 Å². The third kappa shape index (κ3) is 2.02. The Labute approximate surface area is 117 Å². The summed E-state index contributed by atoms with van der Waals surface area (Å²) in [5.74, 6) is -3.97. The Bertz CT molecular complexity index is 602. The van der Waals surface area contributed by atoms with Gasteiger partial charge >= 0.3 is 17.2 Å². The number of halogens is 2. The van der Waals surface area contributed by atoms with Crippen molar-refractivity contribution >= 4 is 22.1 Å². The first-order valence-electron chi connectivity index (χ1n) is 5.99. The highest BCUT2D eigenvalue weighted by Gasteiger charge is 2.63. The van der Waals surface area contributed by atoms with Crippen LogP contribution in [0.15, 0.2) is 0 Å². The summed E-state index contributed by atoms with van der Waals surface area (Å²) in [6, 6.07) is 0. The van der Waals surface area contributed by atoms with Gasteiger partial charge in [0.1, 0.15) is 12.2 Å². The highest BCUT2D eigenvalue weighted by atomic mass is 32.2. The fourth-order valence-corrected chi connectivity index (χ4v) is 3.24. The van der Waals surface area contributed by atoms with Crippen molar-refractivity contribution in [2.75, 3.05) is 6.61 Å². The summed E-state index contributed by atoms with van der Waals surface area (Å²) in [7, 11) is -6.17. The molecule has 0 amide bonds. The second-order valence-corrected chi connectivity index (χ2v) is 6.53. The standard InChI is InChI=1S/C10H10F2O8S/c11-10(12,21(15,16)17)9(14)20-5-1-4-3-2-18-8(13)6(3)7(5)19-4/h3-7H,1-2H2,(H,15,16,17)/p-1. The van der Waals surface area contributed by atoms with E-state index in [-0.39, 0.29) is 18.9 Å². The fourth-order valence-electron chi connectivity index (χ4n) is 2.99. The normalized spacial score (nSPS) is 38.2. The van der Waals surface area contributed by atoms with E-state index in [4.69, 9.17) is 9.47 Å². The molecule has 0 aliphatic carbocycles. The Morgan fingerprint density at radius 3 is 2.71 bits per heavy atom. The molecule has 3 aliphatic heterocycles. The molecule has 3 fully saturated rings. The molecule has 0 aromatic heterocycles. The van der Waals surface area contributed by atoms with E-state index in [0.29, 0.717) is 0 Å². The van der Waals surface area contributed by atoms with E-state index >= 15 is 0 Å². The fraction of sp³-hybridized carbons (Fsp3) is 0.800. The van der Waals surface area contributed by atoms with Crippen molar-refractivity contribution in [2.45, 2.75) is 30.0 Å². The van der Waals surface area contributed by atoms with Gasteiger partial charge in [-0.25, -0.2) is 13.2 Å². The monoisotopic (exact) mass is 327 g/mol. The molecule has 5 atom stereocenters. The quantitative estimate of drug-likeness (QED) is 0.478. The number of carbonyl (C=O) groups is 2. The third-order valence-electron chi connectivity index (χ3n) is 3.96. The van der Waals surface area contributed by atoms with Crippen LogP contribution in [0, 0.1) is 11.8 Å². The zero-order valence-corrected chi connectivity index (χ0v) is 11.0. The van der Waals surface area contributed by atoms with Gasteiger partial charge in [0, 0.05) is 12.3 Å². The minimum Gasteiger partial charge on any atom is -0.743 e. The molecule has 0 N–H and O–H groups in total. The molecule has 0 radical (unpaired) electrons.